The highest BCUT2D eigenvalue weighted by atomic mass is 16.2. The molecule has 4 aromatic heterocycles. The summed E-state index contributed by atoms with van der Waals surface area (Å²) in [6.45, 7) is 4.22. The van der Waals surface area contributed by atoms with Crippen LogP contribution in [-0.4, -0.2) is 35.7 Å². The molecule has 0 aliphatic heterocycles. The Balaban J connectivity index is 1.59. The number of nitrogens with one attached hydrogen (secondary N) is 2. The molecule has 0 saturated heterocycles. The number of hydrogen-bond donors (Lipinski definition) is 2. The van der Waals surface area contributed by atoms with Crippen LogP contribution in [0.1, 0.15) is 42.6 Å². The molecule has 2 N–H and O–H groups in total. The summed E-state index contributed by atoms with van der Waals surface area (Å²) in [6.07, 6.45) is 4.33. The van der Waals surface area contributed by atoms with E-state index >= 15 is 0 Å². The van der Waals surface area contributed by atoms with Gasteiger partial charge in [0.1, 0.15) is 11.4 Å². The van der Waals surface area contributed by atoms with Crippen molar-refractivity contribution < 1.29 is 4.79 Å². The molecule has 8 heteroatoms. The second kappa shape index (κ2) is 7.59. The highest BCUT2D eigenvalue weighted by Gasteiger charge is 2.23. The molecule has 4 heterocycles. The van der Waals surface area contributed by atoms with E-state index in [9.17, 15) is 4.79 Å². The van der Waals surface area contributed by atoms with Gasteiger partial charge in [0.15, 0.2) is 11.5 Å². The zero-order valence-corrected chi connectivity index (χ0v) is 15.7. The van der Waals surface area contributed by atoms with Crippen LogP contribution in [0.25, 0.3) is 17.0 Å². The van der Waals surface area contributed by atoms with Crippen LogP contribution in [0, 0.1) is 5.92 Å². The van der Waals surface area contributed by atoms with Crippen molar-refractivity contribution >= 4 is 11.6 Å². The summed E-state index contributed by atoms with van der Waals surface area (Å²) in [5, 5.41) is 18.6. The second-order valence-corrected chi connectivity index (χ2v) is 7.02. The molecular weight excluding hydrogens is 354 g/mol. The van der Waals surface area contributed by atoms with Gasteiger partial charge in [0, 0.05) is 12.4 Å². The minimum absolute atomic E-state index is 0.243. The van der Waals surface area contributed by atoms with Gasteiger partial charge in [0.2, 0.25) is 0 Å². The Bertz CT molecular complexity index is 1080. The number of pyridine rings is 2. The standard InChI is InChI=1S/C20H21N7O/c1-13(2)11-16(19-26-25-18-8-4-6-10-27(18)19)22-20(28)17-12-15(23-24-17)14-7-3-5-9-21-14/h3-10,12-13,16H,11H2,1-2H3,(H,22,28)(H,23,24). The summed E-state index contributed by atoms with van der Waals surface area (Å²) in [6, 6.07) is 12.7. The molecule has 0 aromatic carbocycles. The predicted molar refractivity (Wildman–Crippen MR) is 104 cm³/mol. The number of carbonyl (C=O) groups excluding carboxylic acids is 1. The molecule has 0 spiro atoms. The highest BCUT2D eigenvalue weighted by molar-refractivity contribution is 5.93. The maximum atomic E-state index is 12.9. The lowest BCUT2D eigenvalue weighted by molar-refractivity contribution is 0.0924. The average Bonchev–Trinajstić information content (AvgIpc) is 3.35. The molecule has 28 heavy (non-hydrogen) atoms. The van der Waals surface area contributed by atoms with Gasteiger partial charge in [-0.3, -0.25) is 19.3 Å². The largest absolute Gasteiger partial charge is 0.341 e. The van der Waals surface area contributed by atoms with Crippen LogP contribution in [0.5, 0.6) is 0 Å². The fraction of sp³-hybridized carbons (Fsp3) is 0.250. The molecule has 0 aliphatic carbocycles. The zero-order valence-electron chi connectivity index (χ0n) is 15.7. The first-order chi connectivity index (χ1) is 13.6. The first kappa shape index (κ1) is 17.8. The molecule has 0 bridgehead atoms. The molecule has 142 valence electrons. The zero-order chi connectivity index (χ0) is 19.5. The molecule has 0 saturated carbocycles. The molecule has 1 unspecified atom stereocenters. The number of aromatic nitrogens is 6. The van der Waals surface area contributed by atoms with E-state index in [4.69, 9.17) is 0 Å². The smallest absolute Gasteiger partial charge is 0.269 e. The Morgan fingerprint density at radius 2 is 2.00 bits per heavy atom. The fourth-order valence-electron chi connectivity index (χ4n) is 3.12. The van der Waals surface area contributed by atoms with Crippen molar-refractivity contribution in [1.29, 1.82) is 0 Å². The van der Waals surface area contributed by atoms with Gasteiger partial charge in [-0.2, -0.15) is 5.10 Å². The number of amides is 1. The molecule has 0 aliphatic rings. The monoisotopic (exact) mass is 375 g/mol. The van der Waals surface area contributed by atoms with Gasteiger partial charge < -0.3 is 5.32 Å². The van der Waals surface area contributed by atoms with Crippen LogP contribution in [0.3, 0.4) is 0 Å². The first-order valence-electron chi connectivity index (χ1n) is 9.19. The number of carbonyl (C=O) groups is 1. The van der Waals surface area contributed by atoms with E-state index in [1.807, 2.05) is 47.0 Å². The summed E-state index contributed by atoms with van der Waals surface area (Å²) in [5.74, 6) is 0.835. The van der Waals surface area contributed by atoms with E-state index in [1.54, 1.807) is 12.3 Å². The van der Waals surface area contributed by atoms with Crippen molar-refractivity contribution in [3.8, 4) is 11.4 Å². The number of aromatic amines is 1. The molecule has 8 nitrogen and oxygen atoms in total. The summed E-state index contributed by atoms with van der Waals surface area (Å²) >= 11 is 0. The van der Waals surface area contributed by atoms with E-state index in [-0.39, 0.29) is 11.9 Å². The molecule has 1 atom stereocenters. The third-order valence-electron chi connectivity index (χ3n) is 4.41. The maximum absolute atomic E-state index is 12.9. The number of nitrogens with zero attached hydrogens (tertiary/aromatic N) is 5. The molecule has 4 aromatic rings. The number of hydrogen-bond acceptors (Lipinski definition) is 5. The molecular formula is C20H21N7O. The van der Waals surface area contributed by atoms with Gasteiger partial charge in [0.25, 0.3) is 5.91 Å². The van der Waals surface area contributed by atoms with Gasteiger partial charge in [-0.15, -0.1) is 10.2 Å². The van der Waals surface area contributed by atoms with Crippen LogP contribution in [0.2, 0.25) is 0 Å². The lowest BCUT2D eigenvalue weighted by Crippen LogP contribution is -2.31. The van der Waals surface area contributed by atoms with Crippen molar-refractivity contribution in [2.75, 3.05) is 0 Å². The molecule has 4 rings (SSSR count). The number of fused-ring (bicyclic) bond motifs is 1. The summed E-state index contributed by atoms with van der Waals surface area (Å²) in [7, 11) is 0. The third kappa shape index (κ3) is 3.62. The minimum atomic E-state index is -0.272. The highest BCUT2D eigenvalue weighted by Crippen LogP contribution is 2.22. The Hall–Kier alpha value is -3.55. The van der Waals surface area contributed by atoms with E-state index in [0.717, 1.165) is 12.1 Å². The topological polar surface area (TPSA) is 101 Å². The summed E-state index contributed by atoms with van der Waals surface area (Å²) in [4.78, 5) is 17.1. The number of rotatable bonds is 6. The van der Waals surface area contributed by atoms with Crippen molar-refractivity contribution in [3.63, 3.8) is 0 Å². The van der Waals surface area contributed by atoms with Crippen LogP contribution >= 0.6 is 0 Å². The van der Waals surface area contributed by atoms with E-state index in [2.05, 4.69) is 44.5 Å². The summed E-state index contributed by atoms with van der Waals surface area (Å²) in [5.41, 5.74) is 2.46. The maximum Gasteiger partial charge on any atom is 0.269 e. The van der Waals surface area contributed by atoms with Gasteiger partial charge in [-0.25, -0.2) is 0 Å². The Kier molecular flexibility index (Phi) is 4.84. The first-order valence-corrected chi connectivity index (χ1v) is 9.19. The number of H-pyrrole nitrogens is 1. The van der Waals surface area contributed by atoms with Crippen LogP contribution < -0.4 is 5.32 Å². The Morgan fingerprint density at radius 3 is 2.79 bits per heavy atom. The molecule has 0 fully saturated rings. The van der Waals surface area contributed by atoms with Gasteiger partial charge in [-0.05, 0) is 42.7 Å². The molecule has 0 radical (unpaired) electrons. The van der Waals surface area contributed by atoms with Crippen LogP contribution in [0.15, 0.2) is 54.9 Å². The van der Waals surface area contributed by atoms with Crippen molar-refractivity contribution in [2.45, 2.75) is 26.3 Å². The van der Waals surface area contributed by atoms with Gasteiger partial charge in [-0.1, -0.05) is 26.0 Å². The second-order valence-electron chi connectivity index (χ2n) is 7.02. The van der Waals surface area contributed by atoms with Crippen molar-refractivity contribution in [1.82, 2.24) is 35.1 Å². The van der Waals surface area contributed by atoms with E-state index in [0.29, 0.717) is 28.8 Å². The predicted octanol–water partition coefficient (Wildman–Crippen LogP) is 3.03. The van der Waals surface area contributed by atoms with Crippen molar-refractivity contribution in [3.05, 3.63) is 66.4 Å². The summed E-state index contributed by atoms with van der Waals surface area (Å²) < 4.78 is 1.90. The normalized spacial score (nSPS) is 12.4. The minimum Gasteiger partial charge on any atom is -0.341 e. The van der Waals surface area contributed by atoms with Crippen LogP contribution in [-0.2, 0) is 0 Å². The fourth-order valence-corrected chi connectivity index (χ4v) is 3.12. The Morgan fingerprint density at radius 1 is 1.14 bits per heavy atom. The lowest BCUT2D eigenvalue weighted by atomic mass is 10.0. The average molecular weight is 375 g/mol. The SMILES string of the molecule is CC(C)CC(NC(=O)c1cc(-c2ccccn2)n[nH]1)c1nnc2ccccn12. The van der Waals surface area contributed by atoms with Crippen LogP contribution in [0.4, 0.5) is 0 Å². The van der Waals surface area contributed by atoms with Crippen molar-refractivity contribution in [2.24, 2.45) is 5.92 Å². The van der Waals surface area contributed by atoms with E-state index in [1.165, 1.54) is 0 Å². The van der Waals surface area contributed by atoms with Gasteiger partial charge in [0.05, 0.1) is 11.7 Å². The van der Waals surface area contributed by atoms with E-state index < -0.39 is 0 Å². The Labute approximate surface area is 162 Å². The quantitative estimate of drug-likeness (QED) is 0.539. The molecule has 1 amide bonds. The third-order valence-corrected chi connectivity index (χ3v) is 4.41. The lowest BCUT2D eigenvalue weighted by Gasteiger charge is -2.18. The van der Waals surface area contributed by atoms with Gasteiger partial charge >= 0.3 is 0 Å².